The number of hydrogen-bond donors (Lipinski definition) is 2. The van der Waals surface area contributed by atoms with E-state index in [0.29, 0.717) is 27.5 Å². The molecule has 180 valence electrons. The molecule has 1 saturated heterocycles. The molecule has 2 aliphatic heterocycles. The minimum absolute atomic E-state index is 0.0447. The molecule has 12 nitrogen and oxygen atoms in total. The molecule has 2 aliphatic rings. The van der Waals surface area contributed by atoms with Gasteiger partial charge in [-0.1, -0.05) is 16.9 Å². The summed E-state index contributed by atoms with van der Waals surface area (Å²) < 4.78 is 1.57. The lowest BCUT2D eigenvalue weighted by Gasteiger charge is -2.50. The number of nitrogen functional groups attached to an aromatic ring is 1. The Hall–Kier alpha value is -2.91. The van der Waals surface area contributed by atoms with E-state index in [9.17, 15) is 14.4 Å². The van der Waals surface area contributed by atoms with Gasteiger partial charge in [-0.2, -0.15) is 10.1 Å². The number of oxime groups is 1. The minimum Gasteiger partial charge on any atom is -0.398 e. The number of aromatic nitrogens is 4. The zero-order valence-corrected chi connectivity index (χ0v) is 21.2. The second kappa shape index (κ2) is 9.76. The van der Waals surface area contributed by atoms with Gasteiger partial charge in [0.25, 0.3) is 17.4 Å². The van der Waals surface area contributed by atoms with Gasteiger partial charge < -0.3 is 15.9 Å². The van der Waals surface area contributed by atoms with Gasteiger partial charge in [-0.15, -0.1) is 23.1 Å². The highest BCUT2D eigenvalue weighted by Crippen LogP contribution is 2.41. The molecule has 0 spiro atoms. The molecule has 0 unspecified atom stereocenters. The lowest BCUT2D eigenvalue weighted by atomic mass is 10.0. The normalized spacial score (nSPS) is 20.2. The Morgan fingerprint density at radius 2 is 2.15 bits per heavy atom. The Kier molecular flexibility index (Phi) is 6.95. The summed E-state index contributed by atoms with van der Waals surface area (Å²) in [5.41, 5.74) is 7.79. The van der Waals surface area contributed by atoms with Crippen molar-refractivity contribution in [1.29, 1.82) is 0 Å². The third kappa shape index (κ3) is 4.54. The molecule has 0 bridgehead atoms. The predicted octanol–water partition coefficient (Wildman–Crippen LogP) is 0.339. The SMILES string of the molecule is CO/N=C(/C(=O)N[C@@H]1C(=O)N2C(C)=C(CSc3nc(=O)c(C)nn3C)CS[C@H]12)c1csc(N)n1. The van der Waals surface area contributed by atoms with E-state index in [1.54, 1.807) is 40.7 Å². The number of allylic oxidation sites excluding steroid dienone is 1. The maximum absolute atomic E-state index is 12.9. The van der Waals surface area contributed by atoms with E-state index in [1.165, 1.54) is 30.2 Å². The lowest BCUT2D eigenvalue weighted by molar-refractivity contribution is -0.144. The molecule has 2 aromatic rings. The van der Waals surface area contributed by atoms with Crippen molar-refractivity contribution in [3.8, 4) is 0 Å². The van der Waals surface area contributed by atoms with Crippen molar-refractivity contribution in [2.75, 3.05) is 24.3 Å². The Labute approximate surface area is 207 Å². The molecule has 15 heteroatoms. The van der Waals surface area contributed by atoms with Crippen molar-refractivity contribution in [2.45, 2.75) is 30.4 Å². The highest BCUT2D eigenvalue weighted by atomic mass is 32.2. The molecule has 2 amide bonds. The molecule has 4 heterocycles. The number of thiazole rings is 1. The molecular formula is C19H22N8O4S3. The number of carbonyl (C=O) groups excluding carboxylic acids is 2. The number of anilines is 1. The zero-order valence-electron chi connectivity index (χ0n) is 18.8. The fourth-order valence-corrected chi connectivity index (χ4v) is 6.60. The van der Waals surface area contributed by atoms with Crippen molar-refractivity contribution in [2.24, 2.45) is 12.2 Å². The molecular weight excluding hydrogens is 500 g/mol. The first-order chi connectivity index (χ1) is 16.2. The van der Waals surface area contributed by atoms with Crippen LogP contribution in [-0.2, 0) is 21.5 Å². The van der Waals surface area contributed by atoms with Gasteiger partial charge in [0.1, 0.15) is 29.9 Å². The van der Waals surface area contributed by atoms with Gasteiger partial charge in [-0.3, -0.25) is 19.3 Å². The third-order valence-corrected chi connectivity index (χ3v) is 8.37. The predicted molar refractivity (Wildman–Crippen MR) is 131 cm³/mol. The number of nitrogens with two attached hydrogens (primary N) is 1. The van der Waals surface area contributed by atoms with Gasteiger partial charge in [0.15, 0.2) is 16.0 Å². The lowest BCUT2D eigenvalue weighted by Crippen LogP contribution is -2.70. The van der Waals surface area contributed by atoms with Gasteiger partial charge in [-0.05, 0) is 19.4 Å². The number of nitrogens with one attached hydrogen (secondary N) is 1. The van der Waals surface area contributed by atoms with Crippen molar-refractivity contribution in [1.82, 2.24) is 30.0 Å². The van der Waals surface area contributed by atoms with Crippen molar-refractivity contribution < 1.29 is 14.4 Å². The van der Waals surface area contributed by atoms with Crippen LogP contribution in [0.4, 0.5) is 5.13 Å². The maximum Gasteiger partial charge on any atom is 0.295 e. The average Bonchev–Trinajstić information content (AvgIpc) is 3.23. The van der Waals surface area contributed by atoms with E-state index in [4.69, 9.17) is 10.6 Å². The molecule has 0 radical (unpaired) electrons. The number of β-lactam (4-membered cyclic amide) rings is 1. The molecule has 1 fully saturated rings. The molecule has 2 atom stereocenters. The first kappa shape index (κ1) is 24.2. The van der Waals surface area contributed by atoms with Crippen LogP contribution in [0.3, 0.4) is 0 Å². The minimum atomic E-state index is -0.691. The second-order valence-corrected chi connectivity index (χ2v) is 10.4. The summed E-state index contributed by atoms with van der Waals surface area (Å²) in [4.78, 5) is 52.2. The monoisotopic (exact) mass is 522 g/mol. The summed E-state index contributed by atoms with van der Waals surface area (Å²) in [6.07, 6.45) is 0. The van der Waals surface area contributed by atoms with E-state index < -0.39 is 11.9 Å². The smallest absolute Gasteiger partial charge is 0.295 e. The Balaban J connectivity index is 1.43. The van der Waals surface area contributed by atoms with Crippen LogP contribution in [-0.4, -0.2) is 72.2 Å². The van der Waals surface area contributed by atoms with Crippen LogP contribution < -0.4 is 16.6 Å². The van der Waals surface area contributed by atoms with Crippen molar-refractivity contribution in [3.05, 3.63) is 38.4 Å². The zero-order chi connectivity index (χ0) is 24.6. The first-order valence-corrected chi connectivity index (χ1v) is 12.9. The number of amides is 2. The Morgan fingerprint density at radius 3 is 2.82 bits per heavy atom. The number of carbonyl (C=O) groups is 2. The van der Waals surface area contributed by atoms with Gasteiger partial charge in [0.2, 0.25) is 0 Å². The third-order valence-electron chi connectivity index (χ3n) is 5.25. The number of hydrogen-bond acceptors (Lipinski definition) is 12. The summed E-state index contributed by atoms with van der Waals surface area (Å²) in [5.74, 6) is 0.470. The van der Waals surface area contributed by atoms with Crippen molar-refractivity contribution in [3.63, 3.8) is 0 Å². The van der Waals surface area contributed by atoms with Crippen LogP contribution in [0.15, 0.2) is 31.8 Å². The molecule has 0 saturated carbocycles. The largest absolute Gasteiger partial charge is 0.398 e. The summed E-state index contributed by atoms with van der Waals surface area (Å²) >= 11 is 4.13. The van der Waals surface area contributed by atoms with Crippen LogP contribution in [0.5, 0.6) is 0 Å². The van der Waals surface area contributed by atoms with E-state index in [0.717, 1.165) is 11.3 Å². The first-order valence-electron chi connectivity index (χ1n) is 10.0. The molecule has 2 aromatic heterocycles. The van der Waals surface area contributed by atoms with Crippen molar-refractivity contribution >= 4 is 57.5 Å². The van der Waals surface area contributed by atoms with E-state index >= 15 is 0 Å². The average molecular weight is 523 g/mol. The molecule has 34 heavy (non-hydrogen) atoms. The van der Waals surface area contributed by atoms with Gasteiger partial charge in [0, 0.05) is 29.6 Å². The van der Waals surface area contributed by atoms with E-state index in [1.807, 2.05) is 6.92 Å². The number of rotatable bonds is 7. The number of thioether (sulfide) groups is 2. The quantitative estimate of drug-likeness (QED) is 0.225. The highest BCUT2D eigenvalue weighted by molar-refractivity contribution is 8.01. The van der Waals surface area contributed by atoms with Gasteiger partial charge >= 0.3 is 0 Å². The summed E-state index contributed by atoms with van der Waals surface area (Å²) in [6.45, 7) is 3.50. The van der Waals surface area contributed by atoms with Crippen LogP contribution in [0.25, 0.3) is 0 Å². The summed E-state index contributed by atoms with van der Waals surface area (Å²) in [6, 6.07) is -0.691. The van der Waals surface area contributed by atoms with E-state index in [2.05, 4.69) is 25.5 Å². The Bertz CT molecular complexity index is 1270. The number of nitrogens with zero attached hydrogens (tertiary/aromatic N) is 6. The molecule has 3 N–H and O–H groups in total. The maximum atomic E-state index is 12.9. The van der Waals surface area contributed by atoms with Crippen LogP contribution in [0.2, 0.25) is 0 Å². The fourth-order valence-electron chi connectivity index (χ4n) is 3.46. The number of aryl methyl sites for hydroxylation is 2. The topological polar surface area (TPSA) is 158 Å². The standard InChI is InChI=1S/C19H22N8O4S3/c1-8-14(28)23-19(26(3)24-8)34-6-10-5-32-17-13(16(30)27(17)9(10)2)22-15(29)12(25-31-4)11-7-33-18(20)21-11/h7,13,17H,5-6H2,1-4H3,(H2,20,21)(H,22,29)/b25-12+/t13-,17-/m1/s1. The second-order valence-electron chi connectivity index (χ2n) is 7.44. The number of fused-ring (bicyclic) bond motifs is 1. The summed E-state index contributed by atoms with van der Waals surface area (Å²) in [5, 5.41) is 12.8. The van der Waals surface area contributed by atoms with Crippen LogP contribution in [0, 0.1) is 6.92 Å². The Morgan fingerprint density at radius 1 is 1.38 bits per heavy atom. The summed E-state index contributed by atoms with van der Waals surface area (Å²) in [7, 11) is 3.06. The molecule has 0 aliphatic carbocycles. The van der Waals surface area contributed by atoms with Gasteiger partial charge in [0.05, 0.1) is 0 Å². The molecule has 0 aromatic carbocycles. The fraction of sp³-hybridized carbons (Fsp3) is 0.421. The highest BCUT2D eigenvalue weighted by Gasteiger charge is 2.51. The molecule has 4 rings (SSSR count). The van der Waals surface area contributed by atoms with E-state index in [-0.39, 0.29) is 28.2 Å². The van der Waals surface area contributed by atoms with Crippen LogP contribution in [0.1, 0.15) is 18.3 Å². The van der Waals surface area contributed by atoms with Gasteiger partial charge in [-0.25, -0.2) is 9.67 Å². The van der Waals surface area contributed by atoms with Crippen LogP contribution >= 0.6 is 34.9 Å².